The number of amides is 4. The number of hydrogen-bond donors (Lipinski definition) is 1. The van der Waals surface area contributed by atoms with E-state index in [2.05, 4.69) is 5.32 Å². The van der Waals surface area contributed by atoms with Crippen molar-refractivity contribution in [3.8, 4) is 11.5 Å². The second-order valence-corrected chi connectivity index (χ2v) is 8.57. The molecule has 0 aliphatic carbocycles. The maximum atomic E-state index is 13.2. The number of halogens is 1. The number of carbonyl (C=O) groups excluding carboxylic acids is 3. The lowest BCUT2D eigenvalue weighted by Gasteiger charge is -2.27. The van der Waals surface area contributed by atoms with Gasteiger partial charge in [0.15, 0.2) is 11.5 Å². The Morgan fingerprint density at radius 3 is 2.26 bits per heavy atom. The van der Waals surface area contributed by atoms with Gasteiger partial charge in [-0.1, -0.05) is 35.9 Å². The van der Waals surface area contributed by atoms with Crippen molar-refractivity contribution in [3.05, 3.63) is 93.5 Å². The number of carbonyl (C=O) groups is 3. The smallest absolute Gasteiger partial charge is 0.335 e. The molecule has 7 nitrogen and oxygen atoms in total. The molecule has 0 unspecified atom stereocenters. The van der Waals surface area contributed by atoms with Crippen molar-refractivity contribution in [2.45, 2.75) is 20.5 Å². The van der Waals surface area contributed by atoms with E-state index in [0.29, 0.717) is 34.4 Å². The first-order chi connectivity index (χ1) is 16.7. The van der Waals surface area contributed by atoms with Gasteiger partial charge in [0.2, 0.25) is 0 Å². The number of rotatable bonds is 6. The lowest BCUT2D eigenvalue weighted by molar-refractivity contribution is -0.122. The van der Waals surface area contributed by atoms with E-state index in [4.69, 9.17) is 21.1 Å². The number of nitrogens with zero attached hydrogens (tertiary/aromatic N) is 1. The second-order valence-electron chi connectivity index (χ2n) is 8.13. The minimum absolute atomic E-state index is 0.166. The van der Waals surface area contributed by atoms with Crippen molar-refractivity contribution in [1.82, 2.24) is 5.32 Å². The van der Waals surface area contributed by atoms with E-state index >= 15 is 0 Å². The van der Waals surface area contributed by atoms with Gasteiger partial charge < -0.3 is 9.47 Å². The van der Waals surface area contributed by atoms with Gasteiger partial charge in [0.25, 0.3) is 11.8 Å². The molecular weight excluding hydrogens is 468 g/mol. The molecule has 0 saturated carbocycles. The predicted octanol–water partition coefficient (Wildman–Crippen LogP) is 5.21. The summed E-state index contributed by atoms with van der Waals surface area (Å²) in [5.74, 6) is -0.538. The highest BCUT2D eigenvalue weighted by Gasteiger charge is 2.37. The molecule has 1 N–H and O–H groups in total. The summed E-state index contributed by atoms with van der Waals surface area (Å²) in [4.78, 5) is 39.2. The number of anilines is 1. The van der Waals surface area contributed by atoms with Crippen molar-refractivity contribution in [3.63, 3.8) is 0 Å². The Balaban J connectivity index is 1.60. The molecule has 1 fully saturated rings. The van der Waals surface area contributed by atoms with Crippen LogP contribution in [0.25, 0.3) is 6.08 Å². The average Bonchev–Trinajstić information content (AvgIpc) is 2.81. The van der Waals surface area contributed by atoms with Gasteiger partial charge in [-0.3, -0.25) is 14.9 Å². The molecule has 3 aromatic carbocycles. The average molecular weight is 491 g/mol. The zero-order chi connectivity index (χ0) is 25.1. The van der Waals surface area contributed by atoms with E-state index in [1.165, 1.54) is 13.2 Å². The van der Waals surface area contributed by atoms with E-state index < -0.39 is 17.8 Å². The van der Waals surface area contributed by atoms with Gasteiger partial charge in [0.05, 0.1) is 12.8 Å². The summed E-state index contributed by atoms with van der Waals surface area (Å²) in [6, 6.07) is 16.9. The first kappa shape index (κ1) is 24.0. The van der Waals surface area contributed by atoms with Crippen LogP contribution in [0.1, 0.15) is 22.3 Å². The maximum Gasteiger partial charge on any atom is 0.335 e. The number of hydrogen-bond acceptors (Lipinski definition) is 5. The Bertz CT molecular complexity index is 1330. The monoisotopic (exact) mass is 490 g/mol. The maximum absolute atomic E-state index is 13.2. The zero-order valence-corrected chi connectivity index (χ0v) is 20.2. The highest BCUT2D eigenvalue weighted by molar-refractivity contribution is 6.39. The number of aryl methyl sites for hydroxylation is 2. The minimum Gasteiger partial charge on any atom is -0.493 e. The van der Waals surface area contributed by atoms with Gasteiger partial charge in [-0.25, -0.2) is 9.69 Å². The van der Waals surface area contributed by atoms with Crippen LogP contribution >= 0.6 is 11.6 Å². The molecule has 0 radical (unpaired) electrons. The number of nitrogens with one attached hydrogen (secondary N) is 1. The third-order valence-corrected chi connectivity index (χ3v) is 5.62. The first-order valence-corrected chi connectivity index (χ1v) is 11.2. The normalized spacial score (nSPS) is 14.8. The highest BCUT2D eigenvalue weighted by atomic mass is 35.5. The topological polar surface area (TPSA) is 84.9 Å². The molecule has 35 heavy (non-hydrogen) atoms. The van der Waals surface area contributed by atoms with Crippen LogP contribution in [0.5, 0.6) is 11.5 Å². The largest absolute Gasteiger partial charge is 0.493 e. The van der Waals surface area contributed by atoms with Crippen LogP contribution in [0.2, 0.25) is 5.02 Å². The molecule has 1 heterocycles. The zero-order valence-electron chi connectivity index (χ0n) is 19.4. The number of ether oxygens (including phenoxy) is 2. The number of barbiturate groups is 1. The summed E-state index contributed by atoms with van der Waals surface area (Å²) in [5, 5.41) is 2.89. The molecule has 0 atom stereocenters. The molecule has 0 bridgehead atoms. The molecule has 178 valence electrons. The van der Waals surface area contributed by atoms with Crippen molar-refractivity contribution >= 4 is 41.2 Å². The summed E-state index contributed by atoms with van der Waals surface area (Å²) in [5.41, 5.74) is 3.48. The molecule has 1 aliphatic heterocycles. The van der Waals surface area contributed by atoms with Gasteiger partial charge >= 0.3 is 6.03 Å². The van der Waals surface area contributed by atoms with Crippen molar-refractivity contribution < 1.29 is 23.9 Å². The molecule has 1 aliphatic rings. The van der Waals surface area contributed by atoms with E-state index in [1.807, 2.05) is 32.0 Å². The molecule has 4 amide bonds. The Morgan fingerprint density at radius 2 is 1.60 bits per heavy atom. The molecule has 3 aromatic rings. The fraction of sp³-hybridized carbons (Fsp3) is 0.148. The first-order valence-electron chi connectivity index (χ1n) is 10.8. The third-order valence-electron chi connectivity index (χ3n) is 5.37. The molecule has 1 saturated heterocycles. The van der Waals surface area contributed by atoms with Crippen molar-refractivity contribution in [2.24, 2.45) is 0 Å². The van der Waals surface area contributed by atoms with Crippen LogP contribution in [-0.2, 0) is 16.2 Å². The van der Waals surface area contributed by atoms with Crippen LogP contribution < -0.4 is 19.7 Å². The third kappa shape index (κ3) is 5.36. The summed E-state index contributed by atoms with van der Waals surface area (Å²) >= 11 is 5.92. The van der Waals surface area contributed by atoms with Crippen LogP contribution in [-0.4, -0.2) is 25.0 Å². The van der Waals surface area contributed by atoms with Crippen LogP contribution in [0.15, 0.2) is 66.2 Å². The molecule has 8 heteroatoms. The summed E-state index contributed by atoms with van der Waals surface area (Å²) in [6.45, 7) is 4.04. The summed E-state index contributed by atoms with van der Waals surface area (Å²) in [7, 11) is 1.50. The van der Waals surface area contributed by atoms with E-state index in [9.17, 15) is 14.4 Å². The quantitative estimate of drug-likeness (QED) is 0.378. The lowest BCUT2D eigenvalue weighted by atomic mass is 10.0. The van der Waals surface area contributed by atoms with Crippen LogP contribution in [0.4, 0.5) is 10.5 Å². The summed E-state index contributed by atoms with van der Waals surface area (Å²) < 4.78 is 11.3. The summed E-state index contributed by atoms with van der Waals surface area (Å²) in [6.07, 6.45) is 1.42. The van der Waals surface area contributed by atoms with E-state index in [-0.39, 0.29) is 5.57 Å². The molecule has 4 rings (SSSR count). The fourth-order valence-electron chi connectivity index (χ4n) is 3.77. The van der Waals surface area contributed by atoms with Gasteiger partial charge in [-0.15, -0.1) is 0 Å². The minimum atomic E-state index is -0.786. The Kier molecular flexibility index (Phi) is 6.89. The van der Waals surface area contributed by atoms with E-state index in [0.717, 1.165) is 21.6 Å². The standard InChI is InChI=1S/C27H23ClN2O5/c1-16-10-17(2)12-21(11-16)30-26(32)22(25(31)29-27(30)33)13-19-6-9-23(24(14-19)34-3)35-15-18-4-7-20(28)8-5-18/h4-14H,15H2,1-3H3,(H,29,31,33)/b22-13+. The number of urea groups is 1. The molecule has 0 spiro atoms. The van der Waals surface area contributed by atoms with Gasteiger partial charge in [0, 0.05) is 5.02 Å². The molecular formula is C27H23ClN2O5. The van der Waals surface area contributed by atoms with Crippen LogP contribution in [0.3, 0.4) is 0 Å². The predicted molar refractivity (Wildman–Crippen MR) is 134 cm³/mol. The SMILES string of the molecule is COc1cc(/C=C2\C(=O)NC(=O)N(c3cc(C)cc(C)c3)C2=O)ccc1OCc1ccc(Cl)cc1. The Morgan fingerprint density at radius 1 is 0.914 bits per heavy atom. The number of methoxy groups -OCH3 is 1. The Labute approximate surface area is 207 Å². The lowest BCUT2D eigenvalue weighted by Crippen LogP contribution is -2.54. The number of imide groups is 2. The van der Waals surface area contributed by atoms with Gasteiger partial charge in [-0.2, -0.15) is 0 Å². The van der Waals surface area contributed by atoms with Gasteiger partial charge in [0.1, 0.15) is 12.2 Å². The molecule has 0 aromatic heterocycles. The fourth-order valence-corrected chi connectivity index (χ4v) is 3.90. The van der Waals surface area contributed by atoms with E-state index in [1.54, 1.807) is 42.5 Å². The van der Waals surface area contributed by atoms with Crippen molar-refractivity contribution in [2.75, 3.05) is 12.0 Å². The highest BCUT2D eigenvalue weighted by Crippen LogP contribution is 2.31. The van der Waals surface area contributed by atoms with Crippen LogP contribution in [0, 0.1) is 13.8 Å². The Hall–Kier alpha value is -4.10. The van der Waals surface area contributed by atoms with Gasteiger partial charge in [-0.05, 0) is 78.6 Å². The van der Waals surface area contributed by atoms with Crippen molar-refractivity contribution in [1.29, 1.82) is 0 Å². The second kappa shape index (κ2) is 10.0. The number of benzene rings is 3.